The number of nitrogens with zero attached hydrogens (tertiary/aromatic N) is 2. The summed E-state index contributed by atoms with van der Waals surface area (Å²) in [6, 6.07) is 5.07. The van der Waals surface area contributed by atoms with Crippen LogP contribution in [0.4, 0.5) is 22.4 Å². The number of aliphatic hydroxyl groups excluding tert-OH is 2. The van der Waals surface area contributed by atoms with E-state index in [0.29, 0.717) is 17.7 Å². The first-order valence-corrected chi connectivity index (χ1v) is 23.4. The Balaban J connectivity index is 0.000000243. The van der Waals surface area contributed by atoms with Gasteiger partial charge in [-0.3, -0.25) is 0 Å². The van der Waals surface area contributed by atoms with Gasteiger partial charge in [-0.2, -0.15) is 0 Å². The maximum Gasteiger partial charge on any atom is 0.407 e. The van der Waals surface area contributed by atoms with Gasteiger partial charge in [0.1, 0.15) is 38.9 Å². The van der Waals surface area contributed by atoms with E-state index in [1.165, 1.54) is 24.3 Å². The molecule has 2 aromatic heterocycles. The molecule has 2 aliphatic rings. The van der Waals surface area contributed by atoms with Gasteiger partial charge in [-0.1, -0.05) is 41.5 Å². The number of nitrogens with two attached hydrogens (primary N) is 1. The lowest BCUT2D eigenvalue weighted by Gasteiger charge is -2.28. The second kappa shape index (κ2) is 20.3. The summed E-state index contributed by atoms with van der Waals surface area (Å²) in [7, 11) is 0. The van der Waals surface area contributed by atoms with Crippen LogP contribution in [0.2, 0.25) is 0 Å². The highest BCUT2D eigenvalue weighted by atomic mass is 32.1. The number of alkyl carbamates (subject to hydrolysis) is 1. The Morgan fingerprint density at radius 1 is 0.698 bits per heavy atom. The van der Waals surface area contributed by atoms with Crippen molar-refractivity contribution in [1.82, 2.24) is 25.9 Å². The molecule has 4 aromatic rings. The SMILES string of the molecule is CC(C)(C)Cc1csc(C2(NCC(O)C(Cc3cc(F)cc(F)c3)NC(=O)OC(C)(C)C)CC2)n1.CC(C)(C)Cc1csc(C2(NCC(O)C(N)Cc3cc(F)cc(F)c3)CC2)n1. The molecule has 2 saturated carbocycles. The van der Waals surface area contributed by atoms with E-state index in [2.05, 4.69) is 68.3 Å². The van der Waals surface area contributed by atoms with Crippen molar-refractivity contribution in [1.29, 1.82) is 0 Å². The maximum absolute atomic E-state index is 13.7. The first kappa shape index (κ1) is 50.5. The molecule has 2 fully saturated rings. The Morgan fingerprint density at radius 2 is 1.10 bits per heavy atom. The fraction of sp³-hybridized carbons (Fsp3) is 0.596. The van der Waals surface area contributed by atoms with E-state index in [-0.39, 0.29) is 41.3 Å². The van der Waals surface area contributed by atoms with Gasteiger partial charge in [-0.05, 0) is 118 Å². The van der Waals surface area contributed by atoms with Crippen molar-refractivity contribution in [2.75, 3.05) is 13.1 Å². The van der Waals surface area contributed by atoms with Crippen molar-refractivity contribution in [3.8, 4) is 0 Å². The summed E-state index contributed by atoms with van der Waals surface area (Å²) < 4.78 is 59.5. The predicted molar refractivity (Wildman–Crippen MR) is 242 cm³/mol. The number of aromatic nitrogens is 2. The molecular weight excluding hydrogens is 853 g/mol. The van der Waals surface area contributed by atoms with Gasteiger partial charge in [0.05, 0.1) is 40.7 Å². The van der Waals surface area contributed by atoms with Crippen LogP contribution in [0.25, 0.3) is 0 Å². The van der Waals surface area contributed by atoms with Crippen molar-refractivity contribution < 1.29 is 37.3 Å². The second-order valence-electron chi connectivity index (χ2n) is 20.7. The Bertz CT molecular complexity index is 2100. The van der Waals surface area contributed by atoms with Crippen LogP contribution < -0.4 is 21.7 Å². The molecule has 0 aliphatic heterocycles. The molecule has 0 radical (unpaired) electrons. The summed E-state index contributed by atoms with van der Waals surface area (Å²) in [5, 5.41) is 37.2. The lowest BCUT2D eigenvalue weighted by molar-refractivity contribution is 0.0418. The topological polar surface area (TPSA) is 155 Å². The van der Waals surface area contributed by atoms with E-state index in [0.717, 1.165) is 72.1 Å². The Kier molecular flexibility index (Phi) is 16.3. The maximum atomic E-state index is 13.7. The lowest BCUT2D eigenvalue weighted by Crippen LogP contribution is -2.51. The number of thiazole rings is 2. The third kappa shape index (κ3) is 16.2. The molecule has 10 nitrogen and oxygen atoms in total. The zero-order chi connectivity index (χ0) is 46.5. The number of carbonyl (C=O) groups is 1. The molecule has 348 valence electrons. The van der Waals surface area contributed by atoms with Crippen LogP contribution in [-0.4, -0.2) is 69.3 Å². The second-order valence-corrected chi connectivity index (χ2v) is 22.4. The number of halogens is 4. The van der Waals surface area contributed by atoms with Gasteiger partial charge in [0.15, 0.2) is 0 Å². The molecule has 2 aliphatic carbocycles. The summed E-state index contributed by atoms with van der Waals surface area (Å²) in [5.41, 5.74) is 8.14. The van der Waals surface area contributed by atoms with E-state index in [9.17, 15) is 32.6 Å². The van der Waals surface area contributed by atoms with Gasteiger partial charge in [-0.15, -0.1) is 22.7 Å². The average Bonchev–Trinajstić information content (AvgIpc) is 4.00. The molecule has 4 unspecified atom stereocenters. The monoisotopic (exact) mass is 918 g/mol. The van der Waals surface area contributed by atoms with Crippen molar-refractivity contribution in [2.24, 2.45) is 16.6 Å². The molecule has 2 aromatic carbocycles. The molecule has 7 N–H and O–H groups in total. The van der Waals surface area contributed by atoms with Gasteiger partial charge < -0.3 is 36.6 Å². The van der Waals surface area contributed by atoms with Crippen LogP contribution in [0, 0.1) is 34.1 Å². The van der Waals surface area contributed by atoms with Crippen LogP contribution in [0.15, 0.2) is 47.2 Å². The standard InChI is InChI=1S/C26H37F2N3O3S.C21H29F2N3OS/c1-24(2,3)13-19-15-35-22(30-19)26(7-8-26)29-14-21(32)20(31-23(33)34-25(4,5)6)11-16-9-17(27)12-18(28)10-16;1-20(2,3)10-16-12-28-19(26-16)21(4-5-21)25-11-18(27)17(24)8-13-6-14(22)9-15(23)7-13/h9-10,12,15,20-21,29,32H,7-8,11,13-14H2,1-6H3,(H,31,33);6-7,9,12,17-18,25,27H,4-5,8,10-11,24H2,1-3H3. The van der Waals surface area contributed by atoms with E-state index in [1.807, 2.05) is 0 Å². The zero-order valence-electron chi connectivity index (χ0n) is 38.0. The van der Waals surface area contributed by atoms with E-state index < -0.39 is 59.3 Å². The van der Waals surface area contributed by atoms with Crippen molar-refractivity contribution in [2.45, 2.75) is 155 Å². The van der Waals surface area contributed by atoms with E-state index in [4.69, 9.17) is 20.4 Å². The van der Waals surface area contributed by atoms with E-state index in [1.54, 1.807) is 43.4 Å². The molecule has 2 heterocycles. The molecule has 4 atom stereocenters. The van der Waals surface area contributed by atoms with Gasteiger partial charge in [0.2, 0.25) is 0 Å². The third-order valence-corrected chi connectivity index (χ3v) is 12.8. The Morgan fingerprint density at radius 3 is 1.48 bits per heavy atom. The highest BCUT2D eigenvalue weighted by Gasteiger charge is 2.48. The number of nitrogens with one attached hydrogen (secondary N) is 3. The van der Waals surface area contributed by atoms with E-state index >= 15 is 0 Å². The average molecular weight is 919 g/mol. The minimum Gasteiger partial charge on any atom is -0.444 e. The van der Waals surface area contributed by atoms with Crippen molar-refractivity contribution in [3.05, 3.63) is 103 Å². The quantitative estimate of drug-likeness (QED) is 0.0572. The van der Waals surface area contributed by atoms with Crippen molar-refractivity contribution >= 4 is 28.8 Å². The summed E-state index contributed by atoms with van der Waals surface area (Å²) >= 11 is 3.27. The first-order valence-electron chi connectivity index (χ1n) is 21.6. The van der Waals surface area contributed by atoms with Crippen LogP contribution in [-0.2, 0) is 41.5 Å². The van der Waals surface area contributed by atoms with Crippen LogP contribution in [0.3, 0.4) is 0 Å². The third-order valence-electron chi connectivity index (χ3n) is 10.6. The number of carbonyl (C=O) groups excluding carboxylic acids is 1. The molecule has 0 spiro atoms. The summed E-state index contributed by atoms with van der Waals surface area (Å²) in [4.78, 5) is 22.1. The number of amides is 1. The summed E-state index contributed by atoms with van der Waals surface area (Å²) in [6.07, 6.45) is 3.27. The fourth-order valence-electron chi connectivity index (χ4n) is 7.24. The molecule has 6 rings (SSSR count). The molecule has 0 bridgehead atoms. The minimum absolute atomic E-state index is 0.0384. The predicted octanol–water partition coefficient (Wildman–Crippen LogP) is 8.61. The molecule has 1 amide bonds. The number of hydrogen-bond donors (Lipinski definition) is 6. The largest absolute Gasteiger partial charge is 0.444 e. The number of aliphatic hydroxyl groups is 2. The number of rotatable bonds is 17. The zero-order valence-corrected chi connectivity index (χ0v) is 39.6. The highest BCUT2D eigenvalue weighted by molar-refractivity contribution is 7.10. The first-order chi connectivity index (χ1) is 29.2. The fourth-order valence-corrected chi connectivity index (χ4v) is 9.35. The van der Waals surface area contributed by atoms with Gasteiger partial charge in [0.25, 0.3) is 0 Å². The van der Waals surface area contributed by atoms with Crippen molar-refractivity contribution in [3.63, 3.8) is 0 Å². The van der Waals surface area contributed by atoms with Crippen LogP contribution in [0.5, 0.6) is 0 Å². The number of benzene rings is 2. The molecule has 0 saturated heterocycles. The number of ether oxygens (including phenoxy) is 1. The van der Waals surface area contributed by atoms with Gasteiger partial charge in [-0.25, -0.2) is 32.3 Å². The van der Waals surface area contributed by atoms with Gasteiger partial charge >= 0.3 is 6.09 Å². The molecule has 16 heteroatoms. The van der Waals surface area contributed by atoms with Gasteiger partial charge in [0, 0.05) is 42.0 Å². The molecular formula is C47H66F4N6O4S2. The smallest absolute Gasteiger partial charge is 0.407 e. The molecule has 63 heavy (non-hydrogen) atoms. The number of hydrogen-bond acceptors (Lipinski definition) is 11. The van der Waals surface area contributed by atoms with Crippen LogP contribution >= 0.6 is 22.7 Å². The highest BCUT2D eigenvalue weighted by Crippen LogP contribution is 2.48. The Hall–Kier alpha value is -3.51. The lowest BCUT2D eigenvalue weighted by atomic mass is 9.91. The summed E-state index contributed by atoms with van der Waals surface area (Å²) in [6.45, 7) is 18.8. The van der Waals surface area contributed by atoms with Crippen LogP contribution in [0.1, 0.15) is 121 Å². The normalized spacial score (nSPS) is 17.5. The Labute approximate surface area is 377 Å². The summed E-state index contributed by atoms with van der Waals surface area (Å²) in [5.74, 6) is -2.70. The minimum atomic E-state index is -1.03.